The topological polar surface area (TPSA) is 111 Å². The van der Waals surface area contributed by atoms with Gasteiger partial charge in [-0.1, -0.05) is 0 Å². The quantitative estimate of drug-likeness (QED) is 0.678. The van der Waals surface area contributed by atoms with Crippen LogP contribution in [0, 0.1) is 5.82 Å². The highest BCUT2D eigenvalue weighted by Gasteiger charge is 2.56. The van der Waals surface area contributed by atoms with E-state index in [1.54, 1.807) is 0 Å². The number of carbonyl (C=O) groups excluding carboxylic acids is 1. The molecule has 3 rings (SSSR count). The third-order valence-electron chi connectivity index (χ3n) is 4.92. The lowest BCUT2D eigenvalue weighted by molar-refractivity contribution is -0.263. The molecule has 0 radical (unpaired) electrons. The van der Waals surface area contributed by atoms with Crippen LogP contribution < -0.4 is 16.2 Å². The van der Waals surface area contributed by atoms with Crippen LogP contribution in [0.25, 0.3) is 11.3 Å². The summed E-state index contributed by atoms with van der Waals surface area (Å²) < 4.78 is 59.4. The highest BCUT2D eigenvalue weighted by molar-refractivity contribution is 5.90. The summed E-state index contributed by atoms with van der Waals surface area (Å²) in [7, 11) is 0. The summed E-state index contributed by atoms with van der Waals surface area (Å²) in [6, 6.07) is 5.70. The average Bonchev–Trinajstić information content (AvgIpc) is 2.98. The molecule has 2 heterocycles. The Morgan fingerprint density at radius 2 is 1.93 bits per heavy atom. The molecule has 1 aliphatic heterocycles. The zero-order chi connectivity index (χ0) is 20.9. The van der Waals surface area contributed by atoms with Crippen LogP contribution in [0.2, 0.25) is 0 Å². The first-order valence-corrected chi connectivity index (χ1v) is 8.18. The number of halogens is 4. The van der Waals surface area contributed by atoms with Crippen molar-refractivity contribution in [3.63, 3.8) is 0 Å². The number of benzene rings is 1. The fourth-order valence-corrected chi connectivity index (χ4v) is 2.97. The first-order chi connectivity index (χ1) is 12.9. The lowest BCUT2D eigenvalue weighted by Gasteiger charge is -2.30. The van der Waals surface area contributed by atoms with Gasteiger partial charge in [0.05, 0.1) is 5.69 Å². The number of nitrogens with two attached hydrogens (primary N) is 2. The lowest BCUT2D eigenvalue weighted by atomic mass is 9.82. The van der Waals surface area contributed by atoms with E-state index in [4.69, 9.17) is 16.2 Å². The van der Waals surface area contributed by atoms with Crippen LogP contribution in [0.3, 0.4) is 0 Å². The Bertz CT molecular complexity index is 933. The molecule has 5 N–H and O–H groups in total. The summed E-state index contributed by atoms with van der Waals surface area (Å²) in [4.78, 5) is 15.9. The number of aliphatic hydroxyl groups is 1. The molecular weight excluding hydrogens is 382 g/mol. The van der Waals surface area contributed by atoms with Crippen molar-refractivity contribution in [2.75, 3.05) is 13.2 Å². The largest absolute Gasteiger partial charge is 0.489 e. The number of aromatic nitrogens is 1. The standard InChI is InChI=1S/C18H17F4N3O3/c1-16(15(24)26)8-28-14-11(16)6-12(17(27,7-23)18(20,21)22)25-13(14)9-2-4-10(19)5-3-9/h2-6,27H,7-8,23H2,1H3,(H2,24,26)/t16-,17?/m0/s1. The molecule has 1 amide bonds. The molecule has 0 saturated carbocycles. The Morgan fingerprint density at radius 3 is 2.43 bits per heavy atom. The molecule has 0 fully saturated rings. The number of carbonyl (C=O) groups is 1. The van der Waals surface area contributed by atoms with Gasteiger partial charge in [-0.2, -0.15) is 13.2 Å². The van der Waals surface area contributed by atoms with Gasteiger partial charge in [-0.25, -0.2) is 9.37 Å². The molecule has 10 heteroatoms. The van der Waals surface area contributed by atoms with Gasteiger partial charge in [-0.15, -0.1) is 0 Å². The molecule has 0 aliphatic carbocycles. The molecule has 2 atom stereocenters. The van der Waals surface area contributed by atoms with Crippen molar-refractivity contribution in [2.24, 2.45) is 11.5 Å². The predicted molar refractivity (Wildman–Crippen MR) is 90.7 cm³/mol. The number of nitrogens with zero attached hydrogens (tertiary/aromatic N) is 1. The van der Waals surface area contributed by atoms with Crippen molar-refractivity contribution in [1.29, 1.82) is 0 Å². The molecule has 150 valence electrons. The van der Waals surface area contributed by atoms with E-state index < -0.39 is 41.2 Å². The predicted octanol–water partition coefficient (Wildman–Crippen LogP) is 1.73. The molecule has 1 unspecified atom stereocenters. The van der Waals surface area contributed by atoms with E-state index in [1.165, 1.54) is 19.1 Å². The van der Waals surface area contributed by atoms with E-state index >= 15 is 0 Å². The van der Waals surface area contributed by atoms with Gasteiger partial charge in [0, 0.05) is 17.7 Å². The number of hydrogen-bond donors (Lipinski definition) is 3. The smallest absolute Gasteiger partial charge is 0.424 e. The second kappa shape index (κ2) is 6.42. The Hall–Kier alpha value is -2.72. The number of pyridine rings is 1. The zero-order valence-electron chi connectivity index (χ0n) is 14.7. The highest BCUT2D eigenvalue weighted by atomic mass is 19.4. The van der Waals surface area contributed by atoms with Crippen molar-refractivity contribution < 1.29 is 32.2 Å². The number of alkyl halides is 3. The van der Waals surface area contributed by atoms with Crippen LogP contribution in [0.1, 0.15) is 18.2 Å². The van der Waals surface area contributed by atoms with Crippen molar-refractivity contribution in [1.82, 2.24) is 4.98 Å². The fourth-order valence-electron chi connectivity index (χ4n) is 2.97. The summed E-state index contributed by atoms with van der Waals surface area (Å²) in [5.41, 5.74) is 5.13. The van der Waals surface area contributed by atoms with E-state index in [0.717, 1.165) is 18.2 Å². The first-order valence-electron chi connectivity index (χ1n) is 8.18. The summed E-state index contributed by atoms with van der Waals surface area (Å²) >= 11 is 0. The summed E-state index contributed by atoms with van der Waals surface area (Å²) in [6.45, 7) is -0.00215. The maximum Gasteiger partial charge on any atom is 0.424 e. The van der Waals surface area contributed by atoms with Gasteiger partial charge in [0.15, 0.2) is 0 Å². The summed E-state index contributed by atoms with van der Waals surface area (Å²) in [5, 5.41) is 10.3. The SMILES string of the molecule is C[C@]1(C(N)=O)COc2c1cc(C(O)(CN)C(F)(F)F)nc2-c1ccc(F)cc1. The molecule has 0 bridgehead atoms. The number of rotatable bonds is 4. The Kier molecular flexibility index (Phi) is 4.59. The Labute approximate surface area is 157 Å². The second-order valence-electron chi connectivity index (χ2n) is 6.79. The molecule has 6 nitrogen and oxygen atoms in total. The van der Waals surface area contributed by atoms with Gasteiger partial charge < -0.3 is 21.3 Å². The van der Waals surface area contributed by atoms with E-state index in [-0.39, 0.29) is 29.2 Å². The van der Waals surface area contributed by atoms with Crippen LogP contribution in [0.4, 0.5) is 17.6 Å². The first kappa shape index (κ1) is 20.0. The minimum Gasteiger partial charge on any atom is -0.489 e. The van der Waals surface area contributed by atoms with Crippen molar-refractivity contribution in [3.8, 4) is 17.0 Å². The van der Waals surface area contributed by atoms with Crippen molar-refractivity contribution in [3.05, 3.63) is 47.4 Å². The molecule has 0 saturated heterocycles. The van der Waals surface area contributed by atoms with E-state index in [2.05, 4.69) is 4.98 Å². The average molecular weight is 399 g/mol. The minimum absolute atomic E-state index is 0.0400. The third kappa shape index (κ3) is 2.89. The molecule has 0 spiro atoms. The molecule has 1 aromatic heterocycles. The van der Waals surface area contributed by atoms with Gasteiger partial charge in [0.2, 0.25) is 11.5 Å². The summed E-state index contributed by atoms with van der Waals surface area (Å²) in [6.07, 6.45) is -5.13. The van der Waals surface area contributed by atoms with Crippen molar-refractivity contribution in [2.45, 2.75) is 24.1 Å². The minimum atomic E-state index is -5.13. The monoisotopic (exact) mass is 399 g/mol. The third-order valence-corrected chi connectivity index (χ3v) is 4.92. The Balaban J connectivity index is 2.34. The van der Waals surface area contributed by atoms with E-state index in [0.29, 0.717) is 0 Å². The zero-order valence-corrected chi connectivity index (χ0v) is 14.7. The van der Waals surface area contributed by atoms with Gasteiger partial charge in [0.25, 0.3) is 0 Å². The van der Waals surface area contributed by atoms with E-state index in [1.807, 2.05) is 0 Å². The molecule has 2 aromatic rings. The second-order valence-corrected chi connectivity index (χ2v) is 6.79. The lowest BCUT2D eigenvalue weighted by Crippen LogP contribution is -2.49. The van der Waals surface area contributed by atoms with Crippen molar-refractivity contribution >= 4 is 5.91 Å². The van der Waals surface area contributed by atoms with E-state index in [9.17, 15) is 27.5 Å². The molecule has 28 heavy (non-hydrogen) atoms. The molecule has 1 aromatic carbocycles. The number of primary amides is 1. The summed E-state index contributed by atoms with van der Waals surface area (Å²) in [5.74, 6) is -1.34. The van der Waals surface area contributed by atoms with Gasteiger partial charge in [-0.05, 0) is 37.3 Å². The highest BCUT2D eigenvalue weighted by Crippen LogP contribution is 2.47. The van der Waals surface area contributed by atoms with Crippen LogP contribution in [-0.2, 0) is 15.8 Å². The fraction of sp³-hybridized carbons (Fsp3) is 0.333. The van der Waals surface area contributed by atoms with Gasteiger partial charge >= 0.3 is 6.18 Å². The maximum absolute atomic E-state index is 13.5. The number of hydrogen-bond acceptors (Lipinski definition) is 5. The van der Waals surface area contributed by atoms with Crippen LogP contribution >= 0.6 is 0 Å². The molecule has 1 aliphatic rings. The van der Waals surface area contributed by atoms with Crippen LogP contribution in [-0.4, -0.2) is 35.3 Å². The Morgan fingerprint density at radius 1 is 1.32 bits per heavy atom. The van der Waals surface area contributed by atoms with Crippen LogP contribution in [0.5, 0.6) is 5.75 Å². The number of ether oxygens (including phenoxy) is 1. The van der Waals surface area contributed by atoms with Gasteiger partial charge in [0.1, 0.15) is 29.3 Å². The maximum atomic E-state index is 13.5. The normalized spacial score (nSPS) is 21.0. The number of amides is 1. The molecular formula is C18H17F4N3O3. The van der Waals surface area contributed by atoms with Gasteiger partial charge in [-0.3, -0.25) is 4.79 Å². The number of fused-ring (bicyclic) bond motifs is 1. The van der Waals surface area contributed by atoms with Crippen LogP contribution in [0.15, 0.2) is 30.3 Å².